The Hall–Kier alpha value is -1.97. The molecule has 4 rings (SSSR count). The molecule has 2 aromatic rings. The minimum absolute atomic E-state index is 0.245. The lowest BCUT2D eigenvalue weighted by Crippen LogP contribution is -2.37. The van der Waals surface area contributed by atoms with Gasteiger partial charge in [0.1, 0.15) is 4.90 Å². The van der Waals surface area contributed by atoms with Crippen LogP contribution in [0.15, 0.2) is 29.3 Å². The SMILES string of the molecule is Cc1cnc(NC(=O)c2ccc(N3CCCCC3)c(S(=O)(=O)N3CCCCC3)c2)s1. The Labute approximate surface area is 182 Å². The number of aromatic nitrogens is 1. The van der Waals surface area contributed by atoms with Gasteiger partial charge in [0.2, 0.25) is 10.0 Å². The van der Waals surface area contributed by atoms with Crippen molar-refractivity contribution in [1.29, 1.82) is 0 Å². The van der Waals surface area contributed by atoms with Gasteiger partial charge < -0.3 is 4.90 Å². The van der Waals surface area contributed by atoms with Crippen molar-refractivity contribution < 1.29 is 13.2 Å². The number of nitrogens with one attached hydrogen (secondary N) is 1. The molecule has 0 spiro atoms. The normalized spacial score (nSPS) is 18.4. The number of carbonyl (C=O) groups is 1. The van der Waals surface area contributed by atoms with Gasteiger partial charge in [-0.2, -0.15) is 4.31 Å². The van der Waals surface area contributed by atoms with Gasteiger partial charge in [0.15, 0.2) is 5.13 Å². The Balaban J connectivity index is 1.69. The molecule has 1 aromatic carbocycles. The highest BCUT2D eigenvalue weighted by atomic mass is 32.2. The molecule has 30 heavy (non-hydrogen) atoms. The first-order chi connectivity index (χ1) is 14.4. The Bertz CT molecular complexity index is 1010. The molecule has 3 heterocycles. The highest BCUT2D eigenvalue weighted by Gasteiger charge is 2.31. The quantitative estimate of drug-likeness (QED) is 0.751. The predicted octanol–water partition coefficient (Wildman–Crippen LogP) is 3.87. The summed E-state index contributed by atoms with van der Waals surface area (Å²) in [6.45, 7) is 4.68. The number of carbonyl (C=O) groups excluding carboxylic acids is 1. The van der Waals surface area contributed by atoms with E-state index in [1.807, 2.05) is 6.92 Å². The molecule has 0 bridgehead atoms. The number of anilines is 2. The maximum Gasteiger partial charge on any atom is 0.257 e. The standard InChI is InChI=1S/C21H28N4O3S2/c1-16-15-22-21(29-16)23-20(26)17-8-9-18(24-10-4-2-5-11-24)19(14-17)30(27,28)25-12-6-3-7-13-25/h8-9,14-15H,2-7,10-13H2,1H3,(H,22,23,26). The van der Waals surface area contributed by atoms with Gasteiger partial charge in [0.25, 0.3) is 5.91 Å². The molecule has 2 saturated heterocycles. The van der Waals surface area contributed by atoms with Crippen molar-refractivity contribution in [3.05, 3.63) is 34.8 Å². The number of nitrogens with zero attached hydrogens (tertiary/aromatic N) is 3. The highest BCUT2D eigenvalue weighted by molar-refractivity contribution is 7.89. The number of piperidine rings is 2. The van der Waals surface area contributed by atoms with E-state index in [0.717, 1.165) is 50.1 Å². The van der Waals surface area contributed by atoms with E-state index in [9.17, 15) is 13.2 Å². The predicted molar refractivity (Wildman–Crippen MR) is 120 cm³/mol. The smallest absolute Gasteiger partial charge is 0.257 e. The second-order valence-corrected chi connectivity index (χ2v) is 11.1. The number of benzene rings is 1. The number of rotatable bonds is 5. The topological polar surface area (TPSA) is 82.6 Å². The van der Waals surface area contributed by atoms with Gasteiger partial charge in [-0.3, -0.25) is 10.1 Å². The van der Waals surface area contributed by atoms with Gasteiger partial charge >= 0.3 is 0 Å². The third-order valence-corrected chi connectivity index (χ3v) is 8.45. The van der Waals surface area contributed by atoms with E-state index < -0.39 is 10.0 Å². The van der Waals surface area contributed by atoms with Gasteiger partial charge in [-0.25, -0.2) is 13.4 Å². The lowest BCUT2D eigenvalue weighted by atomic mass is 10.1. The summed E-state index contributed by atoms with van der Waals surface area (Å²) in [5, 5.41) is 3.29. The lowest BCUT2D eigenvalue weighted by molar-refractivity contribution is 0.102. The molecule has 162 valence electrons. The van der Waals surface area contributed by atoms with E-state index in [-0.39, 0.29) is 10.8 Å². The summed E-state index contributed by atoms with van der Waals surface area (Å²) in [4.78, 5) is 20.4. The zero-order valence-corrected chi connectivity index (χ0v) is 18.9. The maximum atomic E-state index is 13.5. The van der Waals surface area contributed by atoms with E-state index in [1.54, 1.807) is 28.7 Å². The van der Waals surface area contributed by atoms with Gasteiger partial charge in [-0.15, -0.1) is 11.3 Å². The molecule has 9 heteroatoms. The average Bonchev–Trinajstić information content (AvgIpc) is 3.19. The van der Waals surface area contributed by atoms with Crippen LogP contribution in [0.3, 0.4) is 0 Å². The van der Waals surface area contributed by atoms with E-state index in [1.165, 1.54) is 17.8 Å². The van der Waals surface area contributed by atoms with Gasteiger partial charge in [-0.05, 0) is 57.2 Å². The van der Waals surface area contributed by atoms with Gasteiger partial charge in [0.05, 0.1) is 5.69 Å². The molecule has 0 radical (unpaired) electrons. The molecule has 2 fully saturated rings. The monoisotopic (exact) mass is 448 g/mol. The second kappa shape index (κ2) is 9.03. The summed E-state index contributed by atoms with van der Waals surface area (Å²) in [5.74, 6) is -0.343. The zero-order valence-electron chi connectivity index (χ0n) is 17.3. The van der Waals surface area contributed by atoms with Crippen molar-refractivity contribution >= 4 is 38.1 Å². The van der Waals surface area contributed by atoms with Crippen LogP contribution in [0.25, 0.3) is 0 Å². The maximum absolute atomic E-state index is 13.5. The Kier molecular flexibility index (Phi) is 6.40. The van der Waals surface area contributed by atoms with Crippen LogP contribution in [0.2, 0.25) is 0 Å². The van der Waals surface area contributed by atoms with E-state index >= 15 is 0 Å². The van der Waals surface area contributed by atoms with Crippen LogP contribution in [0, 0.1) is 6.92 Å². The van der Waals surface area contributed by atoms with Crippen LogP contribution < -0.4 is 10.2 Å². The van der Waals surface area contributed by atoms with Crippen molar-refractivity contribution in [3.63, 3.8) is 0 Å². The first-order valence-corrected chi connectivity index (χ1v) is 12.8. The number of hydrogen-bond donors (Lipinski definition) is 1. The first-order valence-electron chi connectivity index (χ1n) is 10.6. The average molecular weight is 449 g/mol. The van der Waals surface area contributed by atoms with Gasteiger partial charge in [0, 0.05) is 42.8 Å². The fraction of sp³-hybridized carbons (Fsp3) is 0.524. The van der Waals surface area contributed by atoms with Crippen molar-refractivity contribution in [3.8, 4) is 0 Å². The fourth-order valence-corrected chi connectivity index (χ4v) is 6.50. The summed E-state index contributed by atoms with van der Waals surface area (Å²) in [6, 6.07) is 5.06. The van der Waals surface area contributed by atoms with E-state index in [2.05, 4.69) is 15.2 Å². The summed E-state index contributed by atoms with van der Waals surface area (Å²) in [6.07, 6.45) is 7.78. The number of amides is 1. The summed E-state index contributed by atoms with van der Waals surface area (Å²) in [7, 11) is -3.67. The van der Waals surface area contributed by atoms with Crippen molar-refractivity contribution in [2.45, 2.75) is 50.3 Å². The third-order valence-electron chi connectivity index (χ3n) is 5.69. The second-order valence-electron chi connectivity index (χ2n) is 7.93. The largest absolute Gasteiger partial charge is 0.370 e. The molecule has 7 nitrogen and oxygen atoms in total. The minimum Gasteiger partial charge on any atom is -0.370 e. The van der Waals surface area contributed by atoms with Crippen LogP contribution >= 0.6 is 11.3 Å². The summed E-state index contributed by atoms with van der Waals surface area (Å²) >= 11 is 1.39. The number of thiazole rings is 1. The summed E-state index contributed by atoms with van der Waals surface area (Å²) < 4.78 is 28.7. The van der Waals surface area contributed by atoms with E-state index in [4.69, 9.17) is 0 Å². The molecule has 0 saturated carbocycles. The molecule has 2 aliphatic heterocycles. The summed E-state index contributed by atoms with van der Waals surface area (Å²) in [5.41, 5.74) is 1.04. The molecule has 1 aromatic heterocycles. The molecule has 0 unspecified atom stereocenters. The molecular weight excluding hydrogens is 420 g/mol. The molecule has 0 atom stereocenters. The number of aryl methyl sites for hydroxylation is 1. The van der Waals surface area contributed by atoms with Crippen LogP contribution in [0.4, 0.5) is 10.8 Å². The fourth-order valence-electron chi connectivity index (χ4n) is 4.08. The Morgan fingerprint density at radius 3 is 2.33 bits per heavy atom. The number of sulfonamides is 1. The van der Waals surface area contributed by atoms with E-state index in [0.29, 0.717) is 29.5 Å². The highest BCUT2D eigenvalue weighted by Crippen LogP contribution is 2.32. The van der Waals surface area contributed by atoms with Crippen LogP contribution in [-0.4, -0.2) is 49.8 Å². The van der Waals surface area contributed by atoms with Crippen LogP contribution in [0.5, 0.6) is 0 Å². The molecular formula is C21H28N4O3S2. The zero-order chi connectivity index (χ0) is 21.1. The third kappa shape index (κ3) is 4.53. The molecule has 1 N–H and O–H groups in total. The Morgan fingerprint density at radius 2 is 1.70 bits per heavy atom. The first kappa shape index (κ1) is 21.3. The van der Waals surface area contributed by atoms with Crippen LogP contribution in [0.1, 0.15) is 53.8 Å². The minimum atomic E-state index is -3.67. The molecule has 0 aliphatic carbocycles. The molecule has 2 aliphatic rings. The molecule has 1 amide bonds. The van der Waals surface area contributed by atoms with Crippen molar-refractivity contribution in [1.82, 2.24) is 9.29 Å². The number of hydrogen-bond acceptors (Lipinski definition) is 6. The van der Waals surface area contributed by atoms with Gasteiger partial charge in [-0.1, -0.05) is 6.42 Å². The van der Waals surface area contributed by atoms with Crippen LogP contribution in [-0.2, 0) is 10.0 Å². The van der Waals surface area contributed by atoms with Crippen molar-refractivity contribution in [2.75, 3.05) is 36.4 Å². The Morgan fingerprint density at radius 1 is 1.03 bits per heavy atom. The van der Waals surface area contributed by atoms with Crippen molar-refractivity contribution in [2.24, 2.45) is 0 Å². The lowest BCUT2D eigenvalue weighted by Gasteiger charge is -2.33.